The second kappa shape index (κ2) is 11.6. The Hall–Kier alpha value is -0.960. The molecule has 1 amide bonds. The number of guanidine groups is 1. The zero-order chi connectivity index (χ0) is 17.4. The molecule has 1 aliphatic carbocycles. The Bertz CT molecular complexity index is 582. The number of benzene rings is 1. The second-order valence-electron chi connectivity index (χ2n) is 5.99. The van der Waals surface area contributed by atoms with E-state index in [2.05, 4.69) is 34.1 Å². The fourth-order valence-corrected chi connectivity index (χ4v) is 3.72. The summed E-state index contributed by atoms with van der Waals surface area (Å²) in [6.45, 7) is 3.46. The fraction of sp³-hybridized carbons (Fsp3) is 0.556. The van der Waals surface area contributed by atoms with Crippen LogP contribution in [0.2, 0.25) is 0 Å². The van der Waals surface area contributed by atoms with Gasteiger partial charge in [0.25, 0.3) is 5.91 Å². The van der Waals surface area contributed by atoms with Crippen LogP contribution in [-0.2, 0) is 6.54 Å². The third-order valence-corrected chi connectivity index (χ3v) is 5.33. The maximum absolute atomic E-state index is 11.7. The van der Waals surface area contributed by atoms with Crippen molar-refractivity contribution in [2.24, 2.45) is 4.99 Å². The first-order chi connectivity index (χ1) is 11.7. The molecule has 2 unspecified atom stereocenters. The number of hydrogen-bond acceptors (Lipinski definition) is 3. The smallest absolute Gasteiger partial charge is 0.251 e. The van der Waals surface area contributed by atoms with Gasteiger partial charge >= 0.3 is 0 Å². The third-order valence-electron chi connectivity index (χ3n) is 4.24. The number of carbonyl (C=O) groups is 1. The molecule has 0 aromatic heterocycles. The molecule has 2 rings (SSSR count). The van der Waals surface area contributed by atoms with Crippen LogP contribution in [0.3, 0.4) is 0 Å². The van der Waals surface area contributed by atoms with Crippen LogP contribution in [-0.4, -0.2) is 43.0 Å². The highest BCUT2D eigenvalue weighted by molar-refractivity contribution is 14.0. The third kappa shape index (κ3) is 7.05. The maximum Gasteiger partial charge on any atom is 0.251 e. The van der Waals surface area contributed by atoms with Crippen molar-refractivity contribution in [3.63, 3.8) is 0 Å². The molecule has 2 atom stereocenters. The summed E-state index contributed by atoms with van der Waals surface area (Å²) in [6.07, 6.45) is 5.85. The van der Waals surface area contributed by atoms with Crippen LogP contribution >= 0.6 is 35.7 Å². The Kier molecular flexibility index (Phi) is 10.3. The molecule has 140 valence electrons. The van der Waals surface area contributed by atoms with Crippen LogP contribution in [0.4, 0.5) is 0 Å². The molecule has 7 heteroatoms. The van der Waals surface area contributed by atoms with E-state index in [1.165, 1.54) is 19.3 Å². The van der Waals surface area contributed by atoms with Crippen molar-refractivity contribution in [1.29, 1.82) is 0 Å². The summed E-state index contributed by atoms with van der Waals surface area (Å²) >= 11 is 1.96. The fourth-order valence-electron chi connectivity index (χ4n) is 2.92. The molecular weight excluding hydrogens is 447 g/mol. The van der Waals surface area contributed by atoms with Gasteiger partial charge in [-0.15, -0.1) is 24.0 Å². The van der Waals surface area contributed by atoms with Crippen LogP contribution in [0, 0.1) is 0 Å². The lowest BCUT2D eigenvalue weighted by molar-refractivity contribution is 0.0963. The van der Waals surface area contributed by atoms with E-state index in [0.29, 0.717) is 18.2 Å². The molecule has 1 aromatic carbocycles. The number of amides is 1. The van der Waals surface area contributed by atoms with Gasteiger partial charge in [0.1, 0.15) is 0 Å². The van der Waals surface area contributed by atoms with Crippen molar-refractivity contribution >= 4 is 47.6 Å². The Morgan fingerprint density at radius 3 is 2.80 bits per heavy atom. The molecule has 0 bridgehead atoms. The van der Waals surface area contributed by atoms with Gasteiger partial charge in [-0.05, 0) is 50.1 Å². The minimum absolute atomic E-state index is 0. The van der Waals surface area contributed by atoms with Crippen LogP contribution in [0.25, 0.3) is 0 Å². The predicted molar refractivity (Wildman–Crippen MR) is 118 cm³/mol. The first kappa shape index (κ1) is 22.1. The Balaban J connectivity index is 0.00000312. The topological polar surface area (TPSA) is 65.5 Å². The van der Waals surface area contributed by atoms with E-state index in [0.717, 1.165) is 23.3 Å². The number of halogens is 1. The Labute approximate surface area is 172 Å². The van der Waals surface area contributed by atoms with Crippen LogP contribution in [0.15, 0.2) is 29.3 Å². The molecule has 0 aliphatic heterocycles. The van der Waals surface area contributed by atoms with Crippen LogP contribution in [0.5, 0.6) is 0 Å². The lowest BCUT2D eigenvalue weighted by Gasteiger charge is -2.17. The van der Waals surface area contributed by atoms with E-state index in [1.807, 2.05) is 36.0 Å². The normalized spacial score (nSPS) is 19.9. The monoisotopic (exact) mass is 476 g/mol. The lowest BCUT2D eigenvalue weighted by Crippen LogP contribution is -2.42. The highest BCUT2D eigenvalue weighted by atomic mass is 127. The molecule has 1 saturated carbocycles. The Morgan fingerprint density at radius 2 is 2.16 bits per heavy atom. The highest BCUT2D eigenvalue weighted by Gasteiger charge is 2.24. The van der Waals surface area contributed by atoms with Gasteiger partial charge in [-0.2, -0.15) is 11.8 Å². The zero-order valence-corrected chi connectivity index (χ0v) is 18.3. The average molecular weight is 476 g/mol. The number of aliphatic imine (C=N–C) groups is 1. The van der Waals surface area contributed by atoms with Crippen molar-refractivity contribution in [2.75, 3.05) is 19.8 Å². The van der Waals surface area contributed by atoms with Gasteiger partial charge in [-0.1, -0.05) is 12.1 Å². The number of thioether (sulfide) groups is 1. The van der Waals surface area contributed by atoms with Gasteiger partial charge in [0, 0.05) is 30.4 Å². The van der Waals surface area contributed by atoms with E-state index in [1.54, 1.807) is 7.05 Å². The molecular formula is C18H29IN4OS. The number of carbonyl (C=O) groups excluding carboxylic acids is 1. The average Bonchev–Trinajstić information content (AvgIpc) is 3.07. The zero-order valence-electron chi connectivity index (χ0n) is 15.2. The van der Waals surface area contributed by atoms with Crippen molar-refractivity contribution in [1.82, 2.24) is 16.0 Å². The quantitative estimate of drug-likeness (QED) is 0.336. The van der Waals surface area contributed by atoms with E-state index in [4.69, 9.17) is 0 Å². The first-order valence-corrected chi connectivity index (χ1v) is 9.83. The van der Waals surface area contributed by atoms with E-state index < -0.39 is 0 Å². The second-order valence-corrected chi connectivity index (χ2v) is 7.12. The van der Waals surface area contributed by atoms with Crippen molar-refractivity contribution in [3.8, 4) is 0 Å². The van der Waals surface area contributed by atoms with E-state index >= 15 is 0 Å². The molecule has 0 heterocycles. The molecule has 0 radical (unpaired) electrons. The first-order valence-electron chi connectivity index (χ1n) is 8.55. The van der Waals surface area contributed by atoms with Gasteiger partial charge in [0.2, 0.25) is 0 Å². The van der Waals surface area contributed by atoms with Crippen LogP contribution in [0.1, 0.15) is 42.1 Å². The van der Waals surface area contributed by atoms with Crippen LogP contribution < -0.4 is 16.0 Å². The molecule has 5 nitrogen and oxygen atoms in total. The number of nitrogens with zero attached hydrogens (tertiary/aromatic N) is 1. The molecule has 25 heavy (non-hydrogen) atoms. The SMILES string of the molecule is CCNC(=NCc1cccc(C(=O)NC)c1)NC1CCC(SC)C1.I. The summed E-state index contributed by atoms with van der Waals surface area (Å²) in [5.41, 5.74) is 1.70. The molecule has 1 aliphatic rings. The van der Waals surface area contributed by atoms with Gasteiger partial charge in [-0.25, -0.2) is 4.99 Å². The van der Waals surface area contributed by atoms with Crippen molar-refractivity contribution in [3.05, 3.63) is 35.4 Å². The molecule has 3 N–H and O–H groups in total. The summed E-state index contributed by atoms with van der Waals surface area (Å²) in [6, 6.07) is 8.11. The standard InChI is InChI=1S/C18H28N4OS.HI/c1-4-20-18(22-15-8-9-16(11-15)24-3)21-12-13-6-5-7-14(10-13)17(23)19-2;/h5-7,10,15-16H,4,8-9,11-12H2,1-3H3,(H,19,23)(H2,20,21,22);1H. The molecule has 0 saturated heterocycles. The summed E-state index contributed by atoms with van der Waals surface area (Å²) in [5.74, 6) is 0.787. The van der Waals surface area contributed by atoms with E-state index in [-0.39, 0.29) is 29.9 Å². The number of hydrogen-bond donors (Lipinski definition) is 3. The van der Waals surface area contributed by atoms with Gasteiger partial charge in [-0.3, -0.25) is 4.79 Å². The minimum atomic E-state index is -0.0695. The summed E-state index contributed by atoms with van der Waals surface area (Å²) < 4.78 is 0. The van der Waals surface area contributed by atoms with E-state index in [9.17, 15) is 4.79 Å². The van der Waals surface area contributed by atoms with Crippen molar-refractivity contribution < 1.29 is 4.79 Å². The molecule has 0 spiro atoms. The number of nitrogens with one attached hydrogen (secondary N) is 3. The summed E-state index contributed by atoms with van der Waals surface area (Å²) in [4.78, 5) is 16.4. The number of rotatable bonds is 6. The van der Waals surface area contributed by atoms with Crippen molar-refractivity contribution in [2.45, 2.75) is 44.0 Å². The molecule has 1 aromatic rings. The van der Waals surface area contributed by atoms with Gasteiger partial charge < -0.3 is 16.0 Å². The van der Waals surface area contributed by atoms with Gasteiger partial charge in [0.05, 0.1) is 6.54 Å². The molecule has 1 fully saturated rings. The largest absolute Gasteiger partial charge is 0.357 e. The predicted octanol–water partition coefficient (Wildman–Crippen LogP) is 3.00. The Morgan fingerprint density at radius 1 is 1.36 bits per heavy atom. The lowest BCUT2D eigenvalue weighted by atomic mass is 10.1. The summed E-state index contributed by atoms with van der Waals surface area (Å²) in [5, 5.41) is 10.3. The van der Waals surface area contributed by atoms with Gasteiger partial charge in [0.15, 0.2) is 5.96 Å². The summed E-state index contributed by atoms with van der Waals surface area (Å²) in [7, 11) is 1.64. The highest BCUT2D eigenvalue weighted by Crippen LogP contribution is 2.28. The minimum Gasteiger partial charge on any atom is -0.357 e. The maximum atomic E-state index is 11.7.